The molecule has 19 heavy (non-hydrogen) atoms. The molecule has 1 heterocycles. The first kappa shape index (κ1) is 14.6. The second kappa shape index (κ2) is 5.31. The molecule has 1 aromatic carbocycles. The largest absolute Gasteiger partial charge is 0.398 e. The Bertz CT molecular complexity index is 554. The monoisotopic (exact) mass is 302 g/mol. The minimum atomic E-state index is -3.63. The molecular formula is C13H19ClN2O2S. The van der Waals surface area contributed by atoms with Crippen molar-refractivity contribution in [2.24, 2.45) is 0 Å². The highest BCUT2D eigenvalue weighted by molar-refractivity contribution is 7.89. The Labute approximate surface area is 119 Å². The summed E-state index contributed by atoms with van der Waals surface area (Å²) in [7, 11) is -3.63. The van der Waals surface area contributed by atoms with Gasteiger partial charge in [0, 0.05) is 12.1 Å². The van der Waals surface area contributed by atoms with Gasteiger partial charge in [-0.2, -0.15) is 4.31 Å². The Kier molecular flexibility index (Phi) is 4.08. The fraction of sp³-hybridized carbons (Fsp3) is 0.538. The van der Waals surface area contributed by atoms with Crippen LogP contribution in [-0.2, 0) is 10.0 Å². The van der Waals surface area contributed by atoms with E-state index in [1.165, 1.54) is 0 Å². The second-order valence-corrected chi connectivity index (χ2v) is 7.17. The summed E-state index contributed by atoms with van der Waals surface area (Å²) in [5, 5.41) is 0.189. The van der Waals surface area contributed by atoms with Gasteiger partial charge in [0.05, 0.1) is 10.7 Å². The molecule has 1 saturated heterocycles. The number of benzene rings is 1. The first-order valence-electron chi connectivity index (χ1n) is 6.47. The molecule has 6 heteroatoms. The average Bonchev–Trinajstić information content (AvgIpc) is 2.70. The molecule has 106 valence electrons. The van der Waals surface area contributed by atoms with Crippen molar-refractivity contribution in [2.75, 3.05) is 5.73 Å². The second-order valence-electron chi connectivity index (χ2n) is 4.98. The lowest BCUT2D eigenvalue weighted by Crippen LogP contribution is -2.40. The summed E-state index contributed by atoms with van der Waals surface area (Å²) >= 11 is 6.05. The van der Waals surface area contributed by atoms with Gasteiger partial charge in [-0.05, 0) is 38.3 Å². The van der Waals surface area contributed by atoms with Crippen LogP contribution in [-0.4, -0.2) is 24.8 Å². The maximum atomic E-state index is 12.8. The van der Waals surface area contributed by atoms with E-state index >= 15 is 0 Å². The predicted octanol–water partition coefficient (Wildman–Crippen LogP) is 2.87. The molecule has 0 saturated carbocycles. The van der Waals surface area contributed by atoms with Gasteiger partial charge in [-0.3, -0.25) is 0 Å². The SMILES string of the molecule is CCC1CCC(C)N1S(=O)(=O)c1c(N)cccc1Cl. The minimum Gasteiger partial charge on any atom is -0.398 e. The Hall–Kier alpha value is -0.780. The number of nitrogens with zero attached hydrogens (tertiary/aromatic N) is 1. The smallest absolute Gasteiger partial charge is 0.247 e. The molecule has 0 radical (unpaired) electrons. The van der Waals surface area contributed by atoms with E-state index in [2.05, 4.69) is 0 Å². The Morgan fingerprint density at radius 1 is 1.42 bits per heavy atom. The number of nitrogens with two attached hydrogens (primary N) is 1. The Morgan fingerprint density at radius 3 is 2.68 bits per heavy atom. The topological polar surface area (TPSA) is 63.4 Å². The summed E-state index contributed by atoms with van der Waals surface area (Å²) in [5.41, 5.74) is 6.03. The van der Waals surface area contributed by atoms with Crippen molar-refractivity contribution in [1.82, 2.24) is 4.31 Å². The lowest BCUT2D eigenvalue weighted by molar-refractivity contribution is 0.329. The molecule has 0 spiro atoms. The van der Waals surface area contributed by atoms with E-state index in [0.717, 1.165) is 19.3 Å². The normalized spacial score (nSPS) is 24.8. The molecule has 1 fully saturated rings. The maximum absolute atomic E-state index is 12.8. The molecule has 1 aromatic rings. The maximum Gasteiger partial charge on any atom is 0.247 e. The van der Waals surface area contributed by atoms with Crippen LogP contribution >= 0.6 is 11.6 Å². The third kappa shape index (κ3) is 2.47. The van der Waals surface area contributed by atoms with Gasteiger partial charge >= 0.3 is 0 Å². The van der Waals surface area contributed by atoms with Crippen LogP contribution in [0.5, 0.6) is 0 Å². The zero-order valence-electron chi connectivity index (χ0n) is 11.1. The quantitative estimate of drug-likeness (QED) is 0.873. The van der Waals surface area contributed by atoms with Crippen LogP contribution in [0.4, 0.5) is 5.69 Å². The first-order valence-corrected chi connectivity index (χ1v) is 8.29. The molecule has 2 N–H and O–H groups in total. The van der Waals surface area contributed by atoms with Gasteiger partial charge in [-0.1, -0.05) is 24.6 Å². The molecule has 0 bridgehead atoms. The molecule has 2 atom stereocenters. The standard InChI is InChI=1S/C13H19ClN2O2S/c1-3-10-8-7-9(2)16(10)19(17,18)13-11(14)5-4-6-12(13)15/h4-6,9-10H,3,7-8,15H2,1-2H3. The molecule has 0 aromatic heterocycles. The molecule has 1 aliphatic rings. The van der Waals surface area contributed by atoms with Crippen LogP contribution in [0.1, 0.15) is 33.1 Å². The zero-order chi connectivity index (χ0) is 14.2. The van der Waals surface area contributed by atoms with E-state index in [9.17, 15) is 8.42 Å². The molecule has 4 nitrogen and oxygen atoms in total. The Morgan fingerprint density at radius 2 is 2.11 bits per heavy atom. The van der Waals surface area contributed by atoms with Crippen molar-refractivity contribution >= 4 is 27.3 Å². The third-order valence-electron chi connectivity index (χ3n) is 3.72. The zero-order valence-corrected chi connectivity index (χ0v) is 12.7. The van der Waals surface area contributed by atoms with Gasteiger partial charge in [0.25, 0.3) is 0 Å². The first-order chi connectivity index (χ1) is 8.89. The van der Waals surface area contributed by atoms with Crippen LogP contribution in [0.15, 0.2) is 23.1 Å². The van der Waals surface area contributed by atoms with Crippen molar-refractivity contribution in [2.45, 2.75) is 50.1 Å². The number of sulfonamides is 1. The van der Waals surface area contributed by atoms with Gasteiger partial charge in [-0.15, -0.1) is 0 Å². The van der Waals surface area contributed by atoms with E-state index in [1.54, 1.807) is 22.5 Å². The van der Waals surface area contributed by atoms with Gasteiger partial charge in [0.1, 0.15) is 4.90 Å². The van der Waals surface area contributed by atoms with E-state index in [-0.39, 0.29) is 27.7 Å². The fourth-order valence-corrected chi connectivity index (χ4v) is 5.36. The summed E-state index contributed by atoms with van der Waals surface area (Å²) in [6.07, 6.45) is 2.57. The lowest BCUT2D eigenvalue weighted by atomic mass is 10.2. The van der Waals surface area contributed by atoms with Crippen LogP contribution in [0, 0.1) is 0 Å². The third-order valence-corrected chi connectivity index (χ3v) is 6.33. The highest BCUT2D eigenvalue weighted by Crippen LogP contribution is 2.37. The molecule has 2 unspecified atom stereocenters. The van der Waals surface area contributed by atoms with E-state index in [0.29, 0.717) is 0 Å². The van der Waals surface area contributed by atoms with Gasteiger partial charge < -0.3 is 5.73 Å². The van der Waals surface area contributed by atoms with Gasteiger partial charge in [0.15, 0.2) is 0 Å². The number of anilines is 1. The number of hydrogen-bond acceptors (Lipinski definition) is 3. The molecule has 0 aliphatic carbocycles. The number of halogens is 1. The van der Waals surface area contributed by atoms with Crippen LogP contribution in [0.3, 0.4) is 0 Å². The molecule has 0 amide bonds. The Balaban J connectivity index is 2.53. The van der Waals surface area contributed by atoms with Crippen molar-refractivity contribution in [3.8, 4) is 0 Å². The molecule has 1 aliphatic heterocycles. The van der Waals surface area contributed by atoms with Gasteiger partial charge in [0.2, 0.25) is 10.0 Å². The van der Waals surface area contributed by atoms with Crippen LogP contribution in [0.25, 0.3) is 0 Å². The predicted molar refractivity (Wildman–Crippen MR) is 77.7 cm³/mol. The summed E-state index contributed by atoms with van der Waals surface area (Å²) in [6, 6.07) is 4.82. The molecular weight excluding hydrogens is 284 g/mol. The van der Waals surface area contributed by atoms with E-state index in [4.69, 9.17) is 17.3 Å². The summed E-state index contributed by atoms with van der Waals surface area (Å²) < 4.78 is 27.2. The van der Waals surface area contributed by atoms with Crippen molar-refractivity contribution in [3.05, 3.63) is 23.2 Å². The van der Waals surface area contributed by atoms with Crippen LogP contribution in [0.2, 0.25) is 5.02 Å². The summed E-state index contributed by atoms with van der Waals surface area (Å²) in [5.74, 6) is 0. The highest BCUT2D eigenvalue weighted by atomic mass is 35.5. The number of hydrogen-bond donors (Lipinski definition) is 1. The fourth-order valence-electron chi connectivity index (χ4n) is 2.77. The van der Waals surface area contributed by atoms with Crippen molar-refractivity contribution in [3.63, 3.8) is 0 Å². The van der Waals surface area contributed by atoms with E-state index < -0.39 is 10.0 Å². The number of nitrogen functional groups attached to an aromatic ring is 1. The summed E-state index contributed by atoms with van der Waals surface area (Å²) in [4.78, 5) is 0.0452. The average molecular weight is 303 g/mol. The highest BCUT2D eigenvalue weighted by Gasteiger charge is 2.40. The van der Waals surface area contributed by atoms with Crippen LogP contribution < -0.4 is 5.73 Å². The van der Waals surface area contributed by atoms with Gasteiger partial charge in [-0.25, -0.2) is 8.42 Å². The number of rotatable bonds is 3. The lowest BCUT2D eigenvalue weighted by Gasteiger charge is -2.27. The van der Waals surface area contributed by atoms with Crippen molar-refractivity contribution < 1.29 is 8.42 Å². The minimum absolute atomic E-state index is 0.00868. The summed E-state index contributed by atoms with van der Waals surface area (Å²) in [6.45, 7) is 3.93. The van der Waals surface area contributed by atoms with Crippen molar-refractivity contribution in [1.29, 1.82) is 0 Å². The molecule has 2 rings (SSSR count). The van der Waals surface area contributed by atoms with E-state index in [1.807, 2.05) is 13.8 Å².